The number of ether oxygens (including phenoxy) is 1. The summed E-state index contributed by atoms with van der Waals surface area (Å²) in [4.78, 5) is 0. The summed E-state index contributed by atoms with van der Waals surface area (Å²) in [6, 6.07) is 23.3. The van der Waals surface area contributed by atoms with Crippen LogP contribution in [-0.4, -0.2) is 0 Å². The molecule has 1 nitrogen and oxygen atoms in total. The molecule has 3 aromatic carbocycles. The van der Waals surface area contributed by atoms with Gasteiger partial charge in [0, 0.05) is 12.0 Å². The molecule has 0 bridgehead atoms. The summed E-state index contributed by atoms with van der Waals surface area (Å²) >= 11 is 0. The summed E-state index contributed by atoms with van der Waals surface area (Å²) in [6.45, 7) is 2.21. The maximum absolute atomic E-state index is 6.14. The van der Waals surface area contributed by atoms with Crippen LogP contribution in [0.5, 0.6) is 11.5 Å². The van der Waals surface area contributed by atoms with E-state index in [9.17, 15) is 0 Å². The lowest BCUT2D eigenvalue weighted by molar-refractivity contribution is 0.460. The molecule has 0 atom stereocenters. The largest absolute Gasteiger partial charge is 0.457 e. The van der Waals surface area contributed by atoms with Gasteiger partial charge in [-0.25, -0.2) is 0 Å². The molecule has 0 fully saturated rings. The minimum absolute atomic E-state index is 0.934. The third-order valence-corrected chi connectivity index (χ3v) is 4.36. The second kappa shape index (κ2) is 5.34. The first-order valence-corrected chi connectivity index (χ1v) is 7.82. The van der Waals surface area contributed by atoms with E-state index in [-0.39, 0.29) is 0 Å². The zero-order valence-corrected chi connectivity index (χ0v) is 12.7. The van der Waals surface area contributed by atoms with Gasteiger partial charge >= 0.3 is 0 Å². The molecule has 0 aliphatic carbocycles. The second-order valence-electron chi connectivity index (χ2n) is 5.68. The predicted molar refractivity (Wildman–Crippen MR) is 90.6 cm³/mol. The van der Waals surface area contributed by atoms with E-state index in [2.05, 4.69) is 61.5 Å². The molecular formula is C21H18O. The van der Waals surface area contributed by atoms with E-state index in [1.54, 1.807) is 0 Å². The molecule has 4 rings (SSSR count). The van der Waals surface area contributed by atoms with Crippen molar-refractivity contribution >= 4 is 0 Å². The lowest BCUT2D eigenvalue weighted by atomic mass is 9.88. The van der Waals surface area contributed by atoms with Crippen molar-refractivity contribution < 1.29 is 4.74 Å². The van der Waals surface area contributed by atoms with E-state index >= 15 is 0 Å². The fourth-order valence-corrected chi connectivity index (χ4v) is 3.27. The summed E-state index contributed by atoms with van der Waals surface area (Å²) in [5.74, 6) is 1.98. The molecule has 0 radical (unpaired) electrons. The van der Waals surface area contributed by atoms with Gasteiger partial charge in [0.1, 0.15) is 11.5 Å². The van der Waals surface area contributed by atoms with Crippen LogP contribution in [0.3, 0.4) is 0 Å². The zero-order valence-electron chi connectivity index (χ0n) is 12.7. The summed E-state index contributed by atoms with van der Waals surface area (Å²) in [7, 11) is 0. The molecule has 108 valence electrons. The molecule has 22 heavy (non-hydrogen) atoms. The normalized spacial score (nSPS) is 12.2. The molecule has 0 saturated carbocycles. The third kappa shape index (κ3) is 2.10. The molecule has 1 aliphatic heterocycles. The van der Waals surface area contributed by atoms with Gasteiger partial charge in [0.2, 0.25) is 0 Å². The maximum atomic E-state index is 6.14. The van der Waals surface area contributed by atoms with Gasteiger partial charge in [0.25, 0.3) is 0 Å². The van der Waals surface area contributed by atoms with E-state index in [1.807, 2.05) is 12.1 Å². The van der Waals surface area contributed by atoms with Gasteiger partial charge in [-0.1, -0.05) is 61.5 Å². The third-order valence-electron chi connectivity index (χ3n) is 4.36. The number of para-hydroxylation sites is 1. The van der Waals surface area contributed by atoms with Crippen LogP contribution in [0, 0.1) is 0 Å². The molecule has 3 aromatic rings. The van der Waals surface area contributed by atoms with Gasteiger partial charge in [-0.05, 0) is 40.8 Å². The van der Waals surface area contributed by atoms with Gasteiger partial charge in [-0.3, -0.25) is 0 Å². The molecule has 0 amide bonds. The number of hydrogen-bond donors (Lipinski definition) is 0. The Labute approximate surface area is 131 Å². The van der Waals surface area contributed by atoms with E-state index in [0.717, 1.165) is 24.3 Å². The quantitative estimate of drug-likeness (QED) is 0.465. The average molecular weight is 286 g/mol. The van der Waals surface area contributed by atoms with E-state index in [1.165, 1.54) is 27.8 Å². The Hall–Kier alpha value is -2.54. The Bertz CT molecular complexity index is 819. The summed E-state index contributed by atoms with van der Waals surface area (Å²) in [5.41, 5.74) is 6.58. The van der Waals surface area contributed by atoms with Crippen molar-refractivity contribution in [1.29, 1.82) is 0 Å². The lowest BCUT2D eigenvalue weighted by Gasteiger charge is -2.24. The van der Waals surface area contributed by atoms with Crippen molar-refractivity contribution in [3.63, 3.8) is 0 Å². The Balaban J connectivity index is 1.92. The molecule has 1 aliphatic rings. The van der Waals surface area contributed by atoms with Crippen molar-refractivity contribution in [1.82, 2.24) is 0 Å². The van der Waals surface area contributed by atoms with Crippen LogP contribution in [0.1, 0.15) is 23.6 Å². The minimum atomic E-state index is 0.934. The fourth-order valence-electron chi connectivity index (χ4n) is 3.27. The molecule has 1 heterocycles. The number of hydrogen-bond acceptors (Lipinski definition) is 1. The molecule has 0 spiro atoms. The molecule has 0 aromatic heterocycles. The number of benzene rings is 3. The van der Waals surface area contributed by atoms with Gasteiger partial charge in [0.15, 0.2) is 0 Å². The minimum Gasteiger partial charge on any atom is -0.457 e. The summed E-state index contributed by atoms with van der Waals surface area (Å²) < 4.78 is 6.14. The highest BCUT2D eigenvalue weighted by Crippen LogP contribution is 2.42. The highest BCUT2D eigenvalue weighted by molar-refractivity contribution is 5.75. The molecular weight excluding hydrogens is 268 g/mol. The number of rotatable bonds is 2. The van der Waals surface area contributed by atoms with Gasteiger partial charge in [-0.15, -0.1) is 0 Å². The van der Waals surface area contributed by atoms with Crippen LogP contribution in [0.15, 0.2) is 66.7 Å². The molecule has 0 saturated heterocycles. The van der Waals surface area contributed by atoms with Crippen molar-refractivity contribution in [2.75, 3.05) is 0 Å². The Morgan fingerprint density at radius 1 is 0.818 bits per heavy atom. The van der Waals surface area contributed by atoms with Crippen LogP contribution in [0.25, 0.3) is 11.1 Å². The first kappa shape index (κ1) is 13.1. The Kier molecular flexibility index (Phi) is 3.19. The van der Waals surface area contributed by atoms with Crippen molar-refractivity contribution in [2.24, 2.45) is 0 Å². The van der Waals surface area contributed by atoms with Crippen LogP contribution >= 0.6 is 0 Å². The number of fused-ring (bicyclic) bond motifs is 2. The fraction of sp³-hybridized carbons (Fsp3) is 0.143. The van der Waals surface area contributed by atoms with E-state index in [0.29, 0.717) is 0 Å². The van der Waals surface area contributed by atoms with Crippen molar-refractivity contribution in [3.05, 3.63) is 83.4 Å². The Morgan fingerprint density at radius 2 is 1.59 bits per heavy atom. The van der Waals surface area contributed by atoms with Crippen LogP contribution in [0.2, 0.25) is 0 Å². The first-order chi connectivity index (χ1) is 10.9. The van der Waals surface area contributed by atoms with Crippen LogP contribution < -0.4 is 4.74 Å². The molecule has 0 unspecified atom stereocenters. The smallest absolute Gasteiger partial charge is 0.131 e. The van der Waals surface area contributed by atoms with Crippen LogP contribution in [-0.2, 0) is 12.8 Å². The monoisotopic (exact) mass is 286 g/mol. The zero-order chi connectivity index (χ0) is 14.9. The summed E-state index contributed by atoms with van der Waals surface area (Å²) in [6.07, 6.45) is 1.96. The summed E-state index contributed by atoms with van der Waals surface area (Å²) in [5, 5.41) is 0. The number of aryl methyl sites for hydroxylation is 1. The first-order valence-electron chi connectivity index (χ1n) is 7.82. The van der Waals surface area contributed by atoms with Gasteiger partial charge in [0.05, 0.1) is 0 Å². The van der Waals surface area contributed by atoms with Crippen molar-refractivity contribution in [3.8, 4) is 22.6 Å². The maximum Gasteiger partial charge on any atom is 0.131 e. The topological polar surface area (TPSA) is 9.23 Å². The van der Waals surface area contributed by atoms with E-state index in [4.69, 9.17) is 4.74 Å². The highest BCUT2D eigenvalue weighted by atomic mass is 16.5. The van der Waals surface area contributed by atoms with Crippen molar-refractivity contribution in [2.45, 2.75) is 19.8 Å². The second-order valence-corrected chi connectivity index (χ2v) is 5.68. The highest BCUT2D eigenvalue weighted by Gasteiger charge is 2.21. The average Bonchev–Trinajstić information content (AvgIpc) is 2.59. The Morgan fingerprint density at radius 3 is 2.41 bits per heavy atom. The SMILES string of the molecule is CCc1ccc2c(c1-c1ccccc1)Cc1ccccc1O2. The van der Waals surface area contributed by atoms with E-state index < -0.39 is 0 Å². The van der Waals surface area contributed by atoms with Crippen LogP contribution in [0.4, 0.5) is 0 Å². The predicted octanol–water partition coefficient (Wildman–Crippen LogP) is 5.61. The standard InChI is InChI=1S/C21H18O/c1-2-15-12-13-20-18(21(15)16-8-4-3-5-9-16)14-17-10-6-7-11-19(17)22-20/h3-13H,2,14H2,1H3. The molecule has 0 N–H and O–H groups in total. The molecule has 1 heteroatoms. The van der Waals surface area contributed by atoms with Gasteiger partial charge in [-0.2, -0.15) is 0 Å². The lowest BCUT2D eigenvalue weighted by Crippen LogP contribution is -2.06. The van der Waals surface area contributed by atoms with Gasteiger partial charge < -0.3 is 4.74 Å².